The summed E-state index contributed by atoms with van der Waals surface area (Å²) in [6.45, 7) is 109. The highest BCUT2D eigenvalue weighted by Crippen LogP contribution is 2.51. The Labute approximate surface area is 471 Å². The van der Waals surface area contributed by atoms with E-state index in [1.165, 1.54) is 32.1 Å². The van der Waals surface area contributed by atoms with Crippen molar-refractivity contribution in [1.82, 2.24) is 0 Å². The van der Waals surface area contributed by atoms with Crippen molar-refractivity contribution in [3.8, 4) is 0 Å². The van der Waals surface area contributed by atoms with E-state index in [-0.39, 0.29) is 10.8 Å². The summed E-state index contributed by atoms with van der Waals surface area (Å²) in [4.78, 5) is 11.5. The van der Waals surface area contributed by atoms with E-state index in [1.54, 1.807) is 0 Å². The van der Waals surface area contributed by atoms with Gasteiger partial charge in [0.1, 0.15) is 5.78 Å². The smallest absolute Gasteiger partial charge is 0.143 e. The SMILES string of the molecule is CC(C(C)(C)C)C(C)(C)C.CC(C)(C)C(=O)C(C)(C)C.CC(C)(C)C(C)(C)C(C)(C)C.CC(C)(C)CC(C)(C)C.CC(C)(C)CC(C)(C)C(C)(C)C.CC(C)(C)CCC(C)(C)C.CC(CC(C)(C)C)C(C)(C)C. The molecule has 1 atom stereocenters. The number of rotatable bonds is 3. The highest BCUT2D eigenvalue weighted by molar-refractivity contribution is 5.88. The van der Waals surface area contributed by atoms with Crippen molar-refractivity contribution in [2.75, 3.05) is 0 Å². The van der Waals surface area contributed by atoms with Gasteiger partial charge in [-0.3, -0.25) is 4.79 Å². The third-order valence-corrected chi connectivity index (χ3v) is 15.8. The van der Waals surface area contributed by atoms with E-state index < -0.39 is 0 Å². The fraction of sp³-hybridized carbons (Fsp3) is 0.986. The van der Waals surface area contributed by atoms with Crippen molar-refractivity contribution < 1.29 is 4.79 Å². The van der Waals surface area contributed by atoms with Crippen molar-refractivity contribution >= 4 is 5.78 Å². The summed E-state index contributed by atoms with van der Waals surface area (Å²) in [6, 6.07) is 0. The largest absolute Gasteiger partial charge is 0.299 e. The van der Waals surface area contributed by atoms with E-state index in [4.69, 9.17) is 0 Å². The lowest BCUT2D eigenvalue weighted by Gasteiger charge is -2.49. The molecule has 0 saturated heterocycles. The molecule has 0 fully saturated rings. The predicted molar refractivity (Wildman–Crippen MR) is 346 cm³/mol. The topological polar surface area (TPSA) is 17.1 Å². The van der Waals surface area contributed by atoms with E-state index in [2.05, 4.69) is 291 Å². The van der Waals surface area contributed by atoms with Crippen LogP contribution in [0.5, 0.6) is 0 Å². The lowest BCUT2D eigenvalue weighted by atomic mass is 9.56. The lowest BCUT2D eigenvalue weighted by molar-refractivity contribution is -0.134. The Bertz CT molecular complexity index is 1330. The Balaban J connectivity index is -0.000000139. The van der Waals surface area contributed by atoms with Crippen LogP contribution in [0.2, 0.25) is 0 Å². The van der Waals surface area contributed by atoms with Crippen LogP contribution in [0.25, 0.3) is 0 Å². The first-order valence-electron chi connectivity index (χ1n) is 29.9. The number of Topliss-reactive ketones (excluding diaryl/α,β-unsaturated/α-hetero) is 1. The van der Waals surface area contributed by atoms with E-state index in [9.17, 15) is 4.79 Å². The van der Waals surface area contributed by atoms with Gasteiger partial charge in [0.2, 0.25) is 0 Å². The number of carbonyl (C=O) groups excluding carboxylic acids is 1. The molecule has 0 heterocycles. The second kappa shape index (κ2) is 29.8. The Kier molecular flexibility index (Phi) is 35.3. The van der Waals surface area contributed by atoms with Crippen LogP contribution in [0.1, 0.15) is 364 Å². The minimum atomic E-state index is -0.196. The molecular weight excluding hydrogens is 881 g/mol. The standard InChI is InChI=1S/C12H26.2C11H24.2C10H22.C9H18O.C9H20/c1-10(2,3)9-12(7,8)11(4,5)6;1-9(11(5,6)7)8-10(2,3)4;1-9(2,3)11(7,8)10(4,5)6;1-9(2,3)7-8-10(4,5)6;1-8(9(2,3)4)10(5,6)7;1-8(2,3)7(10)9(4,5)6;1-8(2,3)7-9(4,5)6/h9H2,1-8H3;9H,8H2,1-7H3;1-8H3;7-8H2,1-6H3;8H,1-7H3;1-6H3;7H2,1-6H3. The number of hydrogen-bond donors (Lipinski definition) is 0. The van der Waals surface area contributed by atoms with Gasteiger partial charge >= 0.3 is 0 Å². The maximum atomic E-state index is 11.5. The van der Waals surface area contributed by atoms with Gasteiger partial charge in [-0.15, -0.1) is 0 Å². The highest BCUT2D eigenvalue weighted by Gasteiger charge is 2.42. The van der Waals surface area contributed by atoms with Crippen LogP contribution < -0.4 is 0 Å². The van der Waals surface area contributed by atoms with Gasteiger partial charge < -0.3 is 0 Å². The Morgan fingerprint density at radius 1 is 0.288 bits per heavy atom. The molecule has 1 unspecified atom stereocenters. The molecule has 0 aromatic carbocycles. The average Bonchev–Trinajstić information content (AvgIpc) is 2.97. The monoisotopic (exact) mass is 1040 g/mol. The van der Waals surface area contributed by atoms with Crippen molar-refractivity contribution in [2.45, 2.75) is 364 Å². The van der Waals surface area contributed by atoms with Crippen LogP contribution in [0, 0.1) is 98.5 Å². The molecule has 0 aliphatic rings. The Morgan fingerprint density at radius 2 is 0.521 bits per heavy atom. The zero-order valence-electron chi connectivity index (χ0n) is 61.6. The molecular formula is C72H156O. The highest BCUT2D eigenvalue weighted by atomic mass is 16.1. The van der Waals surface area contributed by atoms with Gasteiger partial charge in [-0.25, -0.2) is 0 Å². The van der Waals surface area contributed by atoms with E-state index in [1.807, 2.05) is 41.5 Å². The van der Waals surface area contributed by atoms with Gasteiger partial charge in [-0.1, -0.05) is 332 Å². The summed E-state index contributed by atoms with van der Waals surface area (Å²) < 4.78 is 0. The van der Waals surface area contributed by atoms with Crippen molar-refractivity contribution in [3.63, 3.8) is 0 Å². The van der Waals surface area contributed by atoms with E-state index in [0.29, 0.717) is 81.6 Å². The first-order chi connectivity index (χ1) is 30.3. The molecule has 0 aromatic rings. The number of hydrogen-bond acceptors (Lipinski definition) is 1. The average molecular weight is 1040 g/mol. The zero-order chi connectivity index (χ0) is 62.3. The molecule has 0 rings (SSSR count). The Hall–Kier alpha value is -0.330. The predicted octanol–water partition coefficient (Wildman–Crippen LogP) is 26.4. The molecule has 0 aliphatic heterocycles. The Morgan fingerprint density at radius 3 is 0.562 bits per heavy atom. The molecule has 0 aromatic heterocycles. The van der Waals surface area contributed by atoms with Crippen LogP contribution >= 0.6 is 0 Å². The normalized spacial score (nSPS) is 14.7. The number of carbonyl (C=O) groups is 1. The van der Waals surface area contributed by atoms with Crippen LogP contribution in [-0.4, -0.2) is 5.78 Å². The zero-order valence-corrected chi connectivity index (χ0v) is 61.6. The molecule has 0 N–H and O–H groups in total. The minimum Gasteiger partial charge on any atom is -0.299 e. The maximum Gasteiger partial charge on any atom is 0.143 e. The van der Waals surface area contributed by atoms with E-state index >= 15 is 0 Å². The third kappa shape index (κ3) is 53.5. The summed E-state index contributed by atoms with van der Waals surface area (Å²) >= 11 is 0. The van der Waals surface area contributed by atoms with Crippen molar-refractivity contribution in [3.05, 3.63) is 0 Å². The van der Waals surface area contributed by atoms with E-state index in [0.717, 1.165) is 11.8 Å². The summed E-state index contributed by atoms with van der Waals surface area (Å²) in [6.07, 6.45) is 6.55. The van der Waals surface area contributed by atoms with Gasteiger partial charge in [-0.05, 0) is 120 Å². The van der Waals surface area contributed by atoms with Gasteiger partial charge in [0.25, 0.3) is 0 Å². The fourth-order valence-corrected chi connectivity index (χ4v) is 8.71. The van der Waals surface area contributed by atoms with Crippen LogP contribution in [0.4, 0.5) is 0 Å². The molecule has 0 bridgehead atoms. The summed E-state index contributed by atoms with van der Waals surface area (Å²) in [5, 5.41) is 0. The molecule has 0 aliphatic carbocycles. The van der Waals surface area contributed by atoms with Crippen molar-refractivity contribution in [1.29, 1.82) is 0 Å². The van der Waals surface area contributed by atoms with Gasteiger partial charge in [0.05, 0.1) is 0 Å². The molecule has 0 spiro atoms. The molecule has 1 nitrogen and oxygen atoms in total. The molecule has 0 amide bonds. The maximum absolute atomic E-state index is 11.5. The van der Waals surface area contributed by atoms with Gasteiger partial charge in [0.15, 0.2) is 0 Å². The van der Waals surface area contributed by atoms with Crippen LogP contribution in [0.3, 0.4) is 0 Å². The van der Waals surface area contributed by atoms with Crippen LogP contribution in [-0.2, 0) is 4.79 Å². The second-order valence-electron chi connectivity index (χ2n) is 40.2. The fourth-order valence-electron chi connectivity index (χ4n) is 8.71. The second-order valence-corrected chi connectivity index (χ2v) is 40.2. The molecule has 0 saturated carbocycles. The van der Waals surface area contributed by atoms with Gasteiger partial charge in [0, 0.05) is 10.8 Å². The van der Waals surface area contributed by atoms with Crippen LogP contribution in [0.15, 0.2) is 0 Å². The molecule has 1 heteroatoms. The molecule has 0 radical (unpaired) electrons. The van der Waals surface area contributed by atoms with Gasteiger partial charge in [-0.2, -0.15) is 0 Å². The minimum absolute atomic E-state index is 0.196. The quantitative estimate of drug-likeness (QED) is 0.275. The lowest BCUT2D eigenvalue weighted by Crippen LogP contribution is -2.41. The molecule has 73 heavy (non-hydrogen) atoms. The first-order valence-corrected chi connectivity index (χ1v) is 29.9. The number of ketones is 1. The van der Waals surface area contributed by atoms with Crippen molar-refractivity contribution in [2.24, 2.45) is 98.5 Å². The summed E-state index contributed by atoms with van der Waals surface area (Å²) in [7, 11) is 0. The molecule has 450 valence electrons. The summed E-state index contributed by atoms with van der Waals surface area (Å²) in [5.41, 5.74) is 5.82. The summed E-state index contributed by atoms with van der Waals surface area (Å²) in [5.74, 6) is 1.89. The first kappa shape index (κ1) is 86.6. The third-order valence-electron chi connectivity index (χ3n) is 15.8.